The SMILES string of the molecule is N#CCCc1ncc(-c2ccc3c(c2)CCO3)[nH]1. The molecule has 0 aliphatic carbocycles. The van der Waals surface area contributed by atoms with Crippen LogP contribution in [0.2, 0.25) is 0 Å². The van der Waals surface area contributed by atoms with Gasteiger partial charge in [0.2, 0.25) is 0 Å². The first-order valence-corrected chi connectivity index (χ1v) is 6.04. The highest BCUT2D eigenvalue weighted by Crippen LogP contribution is 2.29. The zero-order valence-corrected chi connectivity index (χ0v) is 9.94. The number of imidazole rings is 1. The lowest BCUT2D eigenvalue weighted by Gasteiger charge is -2.01. The predicted molar refractivity (Wildman–Crippen MR) is 67.2 cm³/mol. The Hall–Kier alpha value is -2.28. The second-order valence-corrected chi connectivity index (χ2v) is 4.32. The maximum Gasteiger partial charge on any atom is 0.122 e. The predicted octanol–water partition coefficient (Wildman–Crippen LogP) is 2.47. The molecule has 0 unspecified atom stereocenters. The third-order valence-corrected chi connectivity index (χ3v) is 3.10. The number of nitrogens with one attached hydrogen (secondary N) is 1. The van der Waals surface area contributed by atoms with E-state index in [4.69, 9.17) is 10.00 Å². The van der Waals surface area contributed by atoms with E-state index in [0.717, 1.165) is 35.9 Å². The molecule has 4 heteroatoms. The lowest BCUT2D eigenvalue weighted by molar-refractivity contribution is 0.357. The Morgan fingerprint density at radius 2 is 2.39 bits per heavy atom. The third-order valence-electron chi connectivity index (χ3n) is 3.10. The van der Waals surface area contributed by atoms with Crippen molar-refractivity contribution in [3.05, 3.63) is 35.8 Å². The maximum absolute atomic E-state index is 8.55. The quantitative estimate of drug-likeness (QED) is 0.895. The van der Waals surface area contributed by atoms with Crippen LogP contribution in [-0.2, 0) is 12.8 Å². The van der Waals surface area contributed by atoms with Crippen molar-refractivity contribution >= 4 is 0 Å². The second kappa shape index (κ2) is 4.53. The number of H-pyrrole nitrogens is 1. The highest BCUT2D eigenvalue weighted by molar-refractivity contribution is 5.62. The van der Waals surface area contributed by atoms with Crippen LogP contribution in [0.25, 0.3) is 11.3 Å². The van der Waals surface area contributed by atoms with Crippen molar-refractivity contribution < 1.29 is 4.74 Å². The summed E-state index contributed by atoms with van der Waals surface area (Å²) in [6.45, 7) is 0.773. The summed E-state index contributed by atoms with van der Waals surface area (Å²) in [5.41, 5.74) is 3.37. The highest BCUT2D eigenvalue weighted by atomic mass is 16.5. The topological polar surface area (TPSA) is 61.7 Å². The maximum atomic E-state index is 8.55. The van der Waals surface area contributed by atoms with Crippen LogP contribution in [0.4, 0.5) is 0 Å². The van der Waals surface area contributed by atoms with Crippen LogP contribution in [0.5, 0.6) is 5.75 Å². The fourth-order valence-corrected chi connectivity index (χ4v) is 2.16. The molecule has 1 N–H and O–H groups in total. The number of benzene rings is 1. The van der Waals surface area contributed by atoms with Crippen molar-refractivity contribution in [3.8, 4) is 23.1 Å². The summed E-state index contributed by atoms with van der Waals surface area (Å²) in [6, 6.07) is 8.31. The molecule has 4 nitrogen and oxygen atoms in total. The molecule has 0 saturated carbocycles. The minimum atomic E-state index is 0.491. The van der Waals surface area contributed by atoms with Gasteiger partial charge < -0.3 is 9.72 Å². The Bertz CT molecular complexity index is 610. The van der Waals surface area contributed by atoms with Crippen molar-refractivity contribution in [2.45, 2.75) is 19.3 Å². The molecular formula is C14H13N3O. The smallest absolute Gasteiger partial charge is 0.122 e. The average molecular weight is 239 g/mol. The number of ether oxygens (including phenoxy) is 1. The van der Waals surface area contributed by atoms with Gasteiger partial charge in [0.25, 0.3) is 0 Å². The lowest BCUT2D eigenvalue weighted by atomic mass is 10.1. The molecule has 2 heterocycles. The Kier molecular flexibility index (Phi) is 2.73. The number of aromatic nitrogens is 2. The molecule has 90 valence electrons. The van der Waals surface area contributed by atoms with Gasteiger partial charge in [0.05, 0.1) is 24.6 Å². The number of hydrogen-bond donors (Lipinski definition) is 1. The van der Waals surface area contributed by atoms with Crippen molar-refractivity contribution in [1.29, 1.82) is 5.26 Å². The van der Waals surface area contributed by atoms with Crippen molar-refractivity contribution in [2.75, 3.05) is 6.61 Å². The third kappa shape index (κ3) is 1.95. The largest absolute Gasteiger partial charge is 0.493 e. The first-order chi connectivity index (χ1) is 8.86. The first-order valence-electron chi connectivity index (χ1n) is 6.04. The molecule has 0 radical (unpaired) electrons. The summed E-state index contributed by atoms with van der Waals surface area (Å²) in [5.74, 6) is 1.85. The summed E-state index contributed by atoms with van der Waals surface area (Å²) in [7, 11) is 0. The molecular weight excluding hydrogens is 226 g/mol. The van der Waals surface area contributed by atoms with E-state index in [1.807, 2.05) is 18.3 Å². The molecule has 1 aliphatic heterocycles. The molecule has 18 heavy (non-hydrogen) atoms. The van der Waals surface area contributed by atoms with E-state index in [0.29, 0.717) is 12.8 Å². The van der Waals surface area contributed by atoms with Crippen molar-refractivity contribution in [3.63, 3.8) is 0 Å². The van der Waals surface area contributed by atoms with Gasteiger partial charge in [-0.25, -0.2) is 4.98 Å². The van der Waals surface area contributed by atoms with E-state index in [1.165, 1.54) is 5.56 Å². The summed E-state index contributed by atoms with van der Waals surface area (Å²) in [6.07, 6.45) is 3.96. The van der Waals surface area contributed by atoms with Crippen LogP contribution in [0.3, 0.4) is 0 Å². The van der Waals surface area contributed by atoms with Crippen LogP contribution in [-0.4, -0.2) is 16.6 Å². The summed E-state index contributed by atoms with van der Waals surface area (Å²) in [4.78, 5) is 7.54. The summed E-state index contributed by atoms with van der Waals surface area (Å²) < 4.78 is 5.49. The lowest BCUT2D eigenvalue weighted by Crippen LogP contribution is -1.86. The molecule has 1 aliphatic rings. The van der Waals surface area contributed by atoms with Gasteiger partial charge in [-0.3, -0.25) is 0 Å². The zero-order chi connectivity index (χ0) is 12.4. The molecule has 0 atom stereocenters. The van der Waals surface area contributed by atoms with E-state index in [9.17, 15) is 0 Å². The monoisotopic (exact) mass is 239 g/mol. The Balaban J connectivity index is 1.86. The van der Waals surface area contributed by atoms with Gasteiger partial charge >= 0.3 is 0 Å². The van der Waals surface area contributed by atoms with Crippen molar-refractivity contribution in [2.24, 2.45) is 0 Å². The number of aryl methyl sites for hydroxylation is 1. The van der Waals surface area contributed by atoms with Gasteiger partial charge in [-0.05, 0) is 23.8 Å². The number of rotatable bonds is 3. The summed E-state index contributed by atoms with van der Waals surface area (Å²) >= 11 is 0. The highest BCUT2D eigenvalue weighted by Gasteiger charge is 2.13. The molecule has 0 bridgehead atoms. The second-order valence-electron chi connectivity index (χ2n) is 4.32. The van der Waals surface area contributed by atoms with E-state index >= 15 is 0 Å². The van der Waals surface area contributed by atoms with Gasteiger partial charge in [0.1, 0.15) is 11.6 Å². The first kappa shape index (κ1) is 10.8. The van der Waals surface area contributed by atoms with Gasteiger partial charge in [-0.2, -0.15) is 5.26 Å². The Labute approximate surface area is 105 Å². The number of nitrogens with zero attached hydrogens (tertiary/aromatic N) is 2. The minimum absolute atomic E-state index is 0.491. The molecule has 0 fully saturated rings. The van der Waals surface area contributed by atoms with Gasteiger partial charge in [0, 0.05) is 24.8 Å². The van der Waals surface area contributed by atoms with Crippen molar-refractivity contribution in [1.82, 2.24) is 9.97 Å². The van der Waals surface area contributed by atoms with E-state index in [-0.39, 0.29) is 0 Å². The zero-order valence-electron chi connectivity index (χ0n) is 9.94. The molecule has 3 rings (SSSR count). The van der Waals surface area contributed by atoms with Gasteiger partial charge in [-0.1, -0.05) is 0 Å². The molecule has 0 spiro atoms. The minimum Gasteiger partial charge on any atom is -0.493 e. The van der Waals surface area contributed by atoms with Crippen LogP contribution in [0.15, 0.2) is 24.4 Å². The molecule has 0 amide bonds. The summed E-state index contributed by atoms with van der Waals surface area (Å²) in [5, 5.41) is 8.55. The van der Waals surface area contributed by atoms with Crippen LogP contribution < -0.4 is 4.74 Å². The van der Waals surface area contributed by atoms with Crippen LogP contribution >= 0.6 is 0 Å². The fourth-order valence-electron chi connectivity index (χ4n) is 2.16. The normalized spacial score (nSPS) is 12.8. The average Bonchev–Trinajstić information content (AvgIpc) is 3.04. The molecule has 1 aromatic carbocycles. The Morgan fingerprint density at radius 1 is 1.44 bits per heavy atom. The molecule has 0 saturated heterocycles. The fraction of sp³-hybridized carbons (Fsp3) is 0.286. The van der Waals surface area contributed by atoms with Gasteiger partial charge in [-0.15, -0.1) is 0 Å². The Morgan fingerprint density at radius 3 is 3.28 bits per heavy atom. The number of nitriles is 1. The number of aromatic amines is 1. The van der Waals surface area contributed by atoms with E-state index < -0.39 is 0 Å². The van der Waals surface area contributed by atoms with Gasteiger partial charge in [0.15, 0.2) is 0 Å². The van der Waals surface area contributed by atoms with Crippen LogP contribution in [0.1, 0.15) is 17.8 Å². The molecule has 2 aromatic rings. The standard InChI is InChI=1S/C14H13N3O/c15-6-1-2-14-16-9-12(17-14)10-3-4-13-11(8-10)5-7-18-13/h3-4,8-9H,1-2,5,7H2,(H,16,17). The van der Waals surface area contributed by atoms with E-state index in [1.54, 1.807) is 0 Å². The number of fused-ring (bicyclic) bond motifs is 1. The number of hydrogen-bond acceptors (Lipinski definition) is 3. The van der Waals surface area contributed by atoms with Crippen LogP contribution in [0, 0.1) is 11.3 Å². The van der Waals surface area contributed by atoms with E-state index in [2.05, 4.69) is 22.1 Å². The molecule has 1 aromatic heterocycles.